The van der Waals surface area contributed by atoms with Crippen LogP contribution in [0.1, 0.15) is 12.1 Å². The second-order valence-corrected chi connectivity index (χ2v) is 3.82. The maximum Gasteiger partial charge on any atom is 0.126 e. The first-order chi connectivity index (χ1) is 8.25. The van der Waals surface area contributed by atoms with Gasteiger partial charge in [0, 0.05) is 19.3 Å². The molecule has 0 atom stereocenters. The van der Waals surface area contributed by atoms with Crippen LogP contribution in [-0.4, -0.2) is 26.5 Å². The van der Waals surface area contributed by atoms with Crippen LogP contribution in [0.2, 0.25) is 0 Å². The first-order valence-electron chi connectivity index (χ1n) is 5.57. The standard InChI is InChI=1S/C11H16N6/c1-9-10(12)3-4-11(15-9)13-5-2-7-17-8-6-14-16-17/h3-4,6,8H,2,5,7,12H2,1H3,(H,13,15). The summed E-state index contributed by atoms with van der Waals surface area (Å²) in [6.45, 7) is 3.59. The monoisotopic (exact) mass is 232 g/mol. The van der Waals surface area contributed by atoms with Crippen molar-refractivity contribution >= 4 is 11.5 Å². The molecule has 0 unspecified atom stereocenters. The second-order valence-electron chi connectivity index (χ2n) is 3.82. The summed E-state index contributed by atoms with van der Waals surface area (Å²) >= 11 is 0. The van der Waals surface area contributed by atoms with Gasteiger partial charge in [-0.05, 0) is 25.5 Å². The van der Waals surface area contributed by atoms with Crippen LogP contribution in [0.3, 0.4) is 0 Å². The molecule has 90 valence electrons. The Bertz CT molecular complexity index is 465. The van der Waals surface area contributed by atoms with Gasteiger partial charge in [0.15, 0.2) is 0 Å². The number of aromatic nitrogens is 4. The van der Waals surface area contributed by atoms with Gasteiger partial charge in [-0.2, -0.15) is 0 Å². The van der Waals surface area contributed by atoms with Crippen LogP contribution in [0.25, 0.3) is 0 Å². The van der Waals surface area contributed by atoms with Gasteiger partial charge < -0.3 is 11.1 Å². The van der Waals surface area contributed by atoms with Crippen LogP contribution < -0.4 is 11.1 Å². The van der Waals surface area contributed by atoms with E-state index in [1.165, 1.54) is 0 Å². The molecule has 0 spiro atoms. The number of nitrogens with zero attached hydrogens (tertiary/aromatic N) is 4. The highest BCUT2D eigenvalue weighted by Gasteiger charge is 1.98. The Morgan fingerprint density at radius 3 is 3.00 bits per heavy atom. The maximum absolute atomic E-state index is 5.70. The lowest BCUT2D eigenvalue weighted by Gasteiger charge is -2.07. The van der Waals surface area contributed by atoms with Crippen molar-refractivity contribution in [3.8, 4) is 0 Å². The lowest BCUT2D eigenvalue weighted by atomic mass is 10.3. The molecule has 0 bridgehead atoms. The molecule has 0 fully saturated rings. The van der Waals surface area contributed by atoms with Gasteiger partial charge in [0.25, 0.3) is 0 Å². The zero-order valence-electron chi connectivity index (χ0n) is 9.80. The molecule has 2 heterocycles. The number of nitrogens with one attached hydrogen (secondary N) is 1. The third-order valence-electron chi connectivity index (χ3n) is 2.47. The molecule has 17 heavy (non-hydrogen) atoms. The molecule has 0 aliphatic carbocycles. The van der Waals surface area contributed by atoms with Crippen LogP contribution in [0.4, 0.5) is 11.5 Å². The lowest BCUT2D eigenvalue weighted by Crippen LogP contribution is -2.08. The molecular weight excluding hydrogens is 216 g/mol. The van der Waals surface area contributed by atoms with Gasteiger partial charge >= 0.3 is 0 Å². The molecule has 0 aliphatic heterocycles. The van der Waals surface area contributed by atoms with E-state index >= 15 is 0 Å². The van der Waals surface area contributed by atoms with Crippen molar-refractivity contribution in [2.75, 3.05) is 17.6 Å². The molecule has 0 radical (unpaired) electrons. The Kier molecular flexibility index (Phi) is 3.54. The SMILES string of the molecule is Cc1nc(NCCCn2ccnn2)ccc1N. The number of anilines is 2. The molecule has 0 saturated heterocycles. The predicted octanol–water partition coefficient (Wildman–Crippen LogP) is 1.07. The zero-order chi connectivity index (χ0) is 12.1. The molecule has 2 aromatic heterocycles. The minimum atomic E-state index is 0.721. The largest absolute Gasteiger partial charge is 0.397 e. The van der Waals surface area contributed by atoms with Crippen LogP contribution >= 0.6 is 0 Å². The number of nitrogens with two attached hydrogens (primary N) is 1. The third kappa shape index (κ3) is 3.17. The Balaban J connectivity index is 1.76. The number of pyridine rings is 1. The highest BCUT2D eigenvalue weighted by atomic mass is 15.4. The number of aryl methyl sites for hydroxylation is 2. The number of hydrogen-bond acceptors (Lipinski definition) is 5. The normalized spacial score (nSPS) is 10.4. The smallest absolute Gasteiger partial charge is 0.126 e. The fraction of sp³-hybridized carbons (Fsp3) is 0.364. The van der Waals surface area contributed by atoms with E-state index in [-0.39, 0.29) is 0 Å². The molecule has 6 heteroatoms. The Morgan fingerprint density at radius 1 is 1.41 bits per heavy atom. The molecule has 2 rings (SSSR count). The maximum atomic E-state index is 5.70. The van der Waals surface area contributed by atoms with E-state index in [1.54, 1.807) is 6.20 Å². The number of rotatable bonds is 5. The van der Waals surface area contributed by atoms with E-state index in [4.69, 9.17) is 5.73 Å². The highest BCUT2D eigenvalue weighted by molar-refractivity contribution is 5.48. The fourth-order valence-electron chi connectivity index (χ4n) is 1.48. The molecule has 0 aliphatic rings. The molecule has 0 amide bonds. The predicted molar refractivity (Wildman–Crippen MR) is 66.5 cm³/mol. The zero-order valence-corrected chi connectivity index (χ0v) is 9.80. The summed E-state index contributed by atoms with van der Waals surface area (Å²) in [5.41, 5.74) is 7.27. The first-order valence-corrected chi connectivity index (χ1v) is 5.57. The summed E-state index contributed by atoms with van der Waals surface area (Å²) in [5.74, 6) is 0.857. The van der Waals surface area contributed by atoms with Gasteiger partial charge in [-0.3, -0.25) is 4.68 Å². The van der Waals surface area contributed by atoms with Crippen molar-refractivity contribution in [3.63, 3.8) is 0 Å². The second kappa shape index (κ2) is 5.29. The summed E-state index contributed by atoms with van der Waals surface area (Å²) in [4.78, 5) is 4.34. The molecular formula is C11H16N6. The van der Waals surface area contributed by atoms with Gasteiger partial charge in [-0.15, -0.1) is 5.10 Å². The van der Waals surface area contributed by atoms with Crippen molar-refractivity contribution in [2.24, 2.45) is 0 Å². The van der Waals surface area contributed by atoms with E-state index in [0.717, 1.165) is 36.7 Å². The Hall–Kier alpha value is -2.11. The summed E-state index contributed by atoms with van der Waals surface area (Å²) in [6, 6.07) is 3.75. The minimum absolute atomic E-state index is 0.721. The first kappa shape index (κ1) is 11.4. The third-order valence-corrected chi connectivity index (χ3v) is 2.47. The molecule has 0 saturated carbocycles. The molecule has 6 nitrogen and oxygen atoms in total. The minimum Gasteiger partial charge on any atom is -0.397 e. The van der Waals surface area contributed by atoms with Crippen molar-refractivity contribution in [1.82, 2.24) is 20.0 Å². The lowest BCUT2D eigenvalue weighted by molar-refractivity contribution is 0.569. The van der Waals surface area contributed by atoms with Crippen LogP contribution in [0.5, 0.6) is 0 Å². The average molecular weight is 232 g/mol. The fourth-order valence-corrected chi connectivity index (χ4v) is 1.48. The van der Waals surface area contributed by atoms with Gasteiger partial charge in [-0.1, -0.05) is 5.21 Å². The topological polar surface area (TPSA) is 81.7 Å². The average Bonchev–Trinajstić information content (AvgIpc) is 2.82. The quantitative estimate of drug-likeness (QED) is 0.753. The van der Waals surface area contributed by atoms with Crippen LogP contribution in [-0.2, 0) is 6.54 Å². The van der Waals surface area contributed by atoms with Crippen molar-refractivity contribution in [2.45, 2.75) is 19.9 Å². The Morgan fingerprint density at radius 2 is 2.29 bits per heavy atom. The van der Waals surface area contributed by atoms with E-state index in [1.807, 2.05) is 29.9 Å². The number of hydrogen-bond donors (Lipinski definition) is 2. The van der Waals surface area contributed by atoms with Gasteiger partial charge in [0.1, 0.15) is 5.82 Å². The summed E-state index contributed by atoms with van der Waals surface area (Å²) in [7, 11) is 0. The van der Waals surface area contributed by atoms with E-state index in [0.29, 0.717) is 0 Å². The number of nitrogen functional groups attached to an aromatic ring is 1. The van der Waals surface area contributed by atoms with E-state index in [9.17, 15) is 0 Å². The van der Waals surface area contributed by atoms with Crippen molar-refractivity contribution in [1.29, 1.82) is 0 Å². The van der Waals surface area contributed by atoms with Crippen molar-refractivity contribution in [3.05, 3.63) is 30.2 Å². The van der Waals surface area contributed by atoms with Gasteiger partial charge in [-0.25, -0.2) is 4.98 Å². The summed E-state index contributed by atoms with van der Waals surface area (Å²) in [6.07, 6.45) is 4.50. The molecule has 0 aromatic carbocycles. The Labute approximate surface area is 99.9 Å². The highest BCUT2D eigenvalue weighted by Crippen LogP contribution is 2.11. The van der Waals surface area contributed by atoms with E-state index in [2.05, 4.69) is 20.6 Å². The van der Waals surface area contributed by atoms with Gasteiger partial charge in [0.05, 0.1) is 17.6 Å². The van der Waals surface area contributed by atoms with Gasteiger partial charge in [0.2, 0.25) is 0 Å². The van der Waals surface area contributed by atoms with Crippen LogP contribution in [0, 0.1) is 6.92 Å². The molecule has 2 aromatic rings. The summed E-state index contributed by atoms with van der Waals surface area (Å²) in [5, 5.41) is 10.9. The van der Waals surface area contributed by atoms with Crippen LogP contribution in [0.15, 0.2) is 24.5 Å². The molecule has 3 N–H and O–H groups in total. The van der Waals surface area contributed by atoms with Crippen molar-refractivity contribution < 1.29 is 0 Å². The van der Waals surface area contributed by atoms with E-state index < -0.39 is 0 Å². The summed E-state index contributed by atoms with van der Waals surface area (Å²) < 4.78 is 1.81.